The van der Waals surface area contributed by atoms with Crippen molar-refractivity contribution in [2.45, 2.75) is 39.7 Å². The molecule has 0 spiro atoms. The van der Waals surface area contributed by atoms with Crippen molar-refractivity contribution >= 4 is 11.9 Å². The van der Waals surface area contributed by atoms with Crippen molar-refractivity contribution in [3.8, 4) is 0 Å². The molecular formula is C11H22N2O3. The molecule has 0 rings (SSSR count). The molecule has 0 aromatic carbocycles. The van der Waals surface area contributed by atoms with E-state index in [1.54, 1.807) is 0 Å². The molecule has 0 aliphatic carbocycles. The van der Waals surface area contributed by atoms with Gasteiger partial charge in [0.15, 0.2) is 0 Å². The second-order valence-electron chi connectivity index (χ2n) is 4.16. The Morgan fingerprint density at radius 3 is 2.38 bits per heavy atom. The maximum Gasteiger partial charge on any atom is 0.308 e. The second kappa shape index (κ2) is 8.10. The summed E-state index contributed by atoms with van der Waals surface area (Å²) in [6.45, 7) is 6.27. The van der Waals surface area contributed by atoms with Crippen molar-refractivity contribution in [1.82, 2.24) is 10.6 Å². The normalized spacial score (nSPS) is 12.5. The van der Waals surface area contributed by atoms with Crippen molar-refractivity contribution < 1.29 is 14.7 Å². The number of carbonyl (C=O) groups excluding carboxylic acids is 1. The van der Waals surface area contributed by atoms with Gasteiger partial charge in [0.1, 0.15) is 0 Å². The molecular weight excluding hydrogens is 208 g/mol. The highest BCUT2D eigenvalue weighted by atomic mass is 16.4. The molecule has 0 aromatic heterocycles. The average molecular weight is 230 g/mol. The summed E-state index contributed by atoms with van der Waals surface area (Å²) in [5, 5.41) is 14.5. The number of carboxylic acids is 1. The third kappa shape index (κ3) is 7.23. The monoisotopic (exact) mass is 230 g/mol. The van der Waals surface area contributed by atoms with Crippen molar-refractivity contribution in [1.29, 1.82) is 0 Å². The Bertz CT molecular complexity index is 229. The highest BCUT2D eigenvalue weighted by Gasteiger charge is 2.16. The van der Waals surface area contributed by atoms with E-state index in [0.717, 1.165) is 6.42 Å². The van der Waals surface area contributed by atoms with Gasteiger partial charge in [0.2, 0.25) is 5.91 Å². The van der Waals surface area contributed by atoms with Gasteiger partial charge in [0.25, 0.3) is 0 Å². The molecule has 0 aliphatic heterocycles. The summed E-state index contributed by atoms with van der Waals surface area (Å²) < 4.78 is 0. The minimum Gasteiger partial charge on any atom is -0.481 e. The molecule has 0 radical (unpaired) electrons. The quantitative estimate of drug-likeness (QED) is 0.570. The number of nitrogens with one attached hydrogen (secondary N) is 2. The molecule has 1 atom stereocenters. The second-order valence-corrected chi connectivity index (χ2v) is 4.16. The molecule has 0 aliphatic rings. The standard InChI is InChI=1S/C11H22N2O3/c1-4-5-9(11(15)16)6-13-10(14)7-12-8(2)3/h8-9,12H,4-7H2,1-3H3,(H,13,14)(H,15,16). The van der Waals surface area contributed by atoms with Crippen LogP contribution in [-0.2, 0) is 9.59 Å². The van der Waals surface area contributed by atoms with E-state index in [9.17, 15) is 9.59 Å². The SMILES string of the molecule is CCCC(CNC(=O)CNC(C)C)C(=O)O. The van der Waals surface area contributed by atoms with Crippen LogP contribution >= 0.6 is 0 Å². The molecule has 3 N–H and O–H groups in total. The van der Waals surface area contributed by atoms with Crippen molar-refractivity contribution in [3.63, 3.8) is 0 Å². The molecule has 0 fully saturated rings. The van der Waals surface area contributed by atoms with Crippen LogP contribution < -0.4 is 10.6 Å². The zero-order valence-electron chi connectivity index (χ0n) is 10.2. The largest absolute Gasteiger partial charge is 0.481 e. The molecule has 5 heteroatoms. The van der Waals surface area contributed by atoms with Gasteiger partial charge in [-0.25, -0.2) is 0 Å². The Hall–Kier alpha value is -1.10. The van der Waals surface area contributed by atoms with Gasteiger partial charge in [-0.3, -0.25) is 9.59 Å². The zero-order valence-corrected chi connectivity index (χ0v) is 10.2. The lowest BCUT2D eigenvalue weighted by Crippen LogP contribution is -2.40. The number of carbonyl (C=O) groups is 2. The Kier molecular flexibility index (Phi) is 7.54. The lowest BCUT2D eigenvalue weighted by atomic mass is 10.0. The molecule has 1 unspecified atom stereocenters. The molecule has 0 saturated carbocycles. The summed E-state index contributed by atoms with van der Waals surface area (Å²) in [5.41, 5.74) is 0. The zero-order chi connectivity index (χ0) is 12.6. The number of aliphatic carboxylic acids is 1. The van der Waals surface area contributed by atoms with Crippen LogP contribution in [0.5, 0.6) is 0 Å². The summed E-state index contributed by atoms with van der Waals surface area (Å²) >= 11 is 0. The number of rotatable bonds is 8. The highest BCUT2D eigenvalue weighted by molar-refractivity contribution is 5.79. The third-order valence-electron chi connectivity index (χ3n) is 2.20. The molecule has 0 aromatic rings. The fourth-order valence-electron chi connectivity index (χ4n) is 1.26. The van der Waals surface area contributed by atoms with E-state index in [1.807, 2.05) is 20.8 Å². The number of carboxylic acid groups (broad SMARTS) is 1. The lowest BCUT2D eigenvalue weighted by Gasteiger charge is -2.13. The van der Waals surface area contributed by atoms with Crippen LogP contribution in [0.1, 0.15) is 33.6 Å². The summed E-state index contributed by atoms with van der Waals surface area (Å²) in [5.74, 6) is -1.48. The highest BCUT2D eigenvalue weighted by Crippen LogP contribution is 2.04. The fourth-order valence-corrected chi connectivity index (χ4v) is 1.26. The van der Waals surface area contributed by atoms with Crippen LogP contribution in [0.25, 0.3) is 0 Å². The Balaban J connectivity index is 3.82. The van der Waals surface area contributed by atoms with Crippen molar-refractivity contribution in [2.75, 3.05) is 13.1 Å². The third-order valence-corrected chi connectivity index (χ3v) is 2.20. The first-order valence-electron chi connectivity index (χ1n) is 5.70. The minimum atomic E-state index is -0.848. The molecule has 0 bridgehead atoms. The van der Waals surface area contributed by atoms with Gasteiger partial charge in [-0.05, 0) is 6.42 Å². The first-order chi connectivity index (χ1) is 7.47. The minimum absolute atomic E-state index is 0.156. The van der Waals surface area contributed by atoms with Crippen molar-refractivity contribution in [3.05, 3.63) is 0 Å². The maximum absolute atomic E-state index is 11.3. The maximum atomic E-state index is 11.3. The number of hydrogen-bond acceptors (Lipinski definition) is 3. The van der Waals surface area contributed by atoms with Crippen LogP contribution in [0.2, 0.25) is 0 Å². The molecule has 1 amide bonds. The first kappa shape index (κ1) is 14.9. The van der Waals surface area contributed by atoms with Crippen LogP contribution in [-0.4, -0.2) is 36.1 Å². The van der Waals surface area contributed by atoms with Crippen LogP contribution in [0.3, 0.4) is 0 Å². The van der Waals surface area contributed by atoms with E-state index < -0.39 is 11.9 Å². The summed E-state index contributed by atoms with van der Waals surface area (Å²) in [6, 6.07) is 0.247. The molecule has 0 heterocycles. The summed E-state index contributed by atoms with van der Waals surface area (Å²) in [7, 11) is 0. The van der Waals surface area contributed by atoms with Gasteiger partial charge in [-0.1, -0.05) is 27.2 Å². The smallest absolute Gasteiger partial charge is 0.308 e. The summed E-state index contributed by atoms with van der Waals surface area (Å²) in [6.07, 6.45) is 1.39. The first-order valence-corrected chi connectivity index (χ1v) is 5.70. The van der Waals surface area contributed by atoms with E-state index in [2.05, 4.69) is 10.6 Å². The Labute approximate surface area is 96.6 Å². The van der Waals surface area contributed by atoms with Gasteiger partial charge in [0.05, 0.1) is 12.5 Å². The number of amides is 1. The van der Waals surface area contributed by atoms with Gasteiger partial charge >= 0.3 is 5.97 Å². The van der Waals surface area contributed by atoms with Crippen LogP contribution in [0, 0.1) is 5.92 Å². The predicted molar refractivity (Wildman–Crippen MR) is 62.2 cm³/mol. The molecule has 94 valence electrons. The lowest BCUT2D eigenvalue weighted by molar-refractivity contribution is -0.141. The average Bonchev–Trinajstić information content (AvgIpc) is 2.20. The van der Waals surface area contributed by atoms with E-state index in [1.165, 1.54) is 0 Å². The van der Waals surface area contributed by atoms with Gasteiger partial charge < -0.3 is 15.7 Å². The Morgan fingerprint density at radius 2 is 1.94 bits per heavy atom. The number of hydrogen-bond donors (Lipinski definition) is 3. The topological polar surface area (TPSA) is 78.4 Å². The molecule has 16 heavy (non-hydrogen) atoms. The van der Waals surface area contributed by atoms with Gasteiger partial charge in [0, 0.05) is 12.6 Å². The van der Waals surface area contributed by atoms with E-state index in [0.29, 0.717) is 6.42 Å². The van der Waals surface area contributed by atoms with E-state index in [4.69, 9.17) is 5.11 Å². The molecule has 0 saturated heterocycles. The van der Waals surface area contributed by atoms with Crippen LogP contribution in [0.4, 0.5) is 0 Å². The molecule has 5 nitrogen and oxygen atoms in total. The van der Waals surface area contributed by atoms with Crippen molar-refractivity contribution in [2.24, 2.45) is 5.92 Å². The Morgan fingerprint density at radius 1 is 1.31 bits per heavy atom. The van der Waals surface area contributed by atoms with Crippen LogP contribution in [0.15, 0.2) is 0 Å². The summed E-state index contributed by atoms with van der Waals surface area (Å²) in [4.78, 5) is 22.1. The van der Waals surface area contributed by atoms with Gasteiger partial charge in [-0.15, -0.1) is 0 Å². The fraction of sp³-hybridized carbons (Fsp3) is 0.818. The van der Waals surface area contributed by atoms with E-state index >= 15 is 0 Å². The van der Waals surface area contributed by atoms with E-state index in [-0.39, 0.29) is 25.0 Å². The van der Waals surface area contributed by atoms with Gasteiger partial charge in [-0.2, -0.15) is 0 Å². The predicted octanol–water partition coefficient (Wildman–Crippen LogP) is 0.601.